The van der Waals surface area contributed by atoms with Crippen molar-refractivity contribution in [3.05, 3.63) is 312 Å². The van der Waals surface area contributed by atoms with E-state index >= 15 is 4.79 Å². The number of aromatic nitrogens is 4. The molecule has 15 aromatic carbocycles. The first-order chi connectivity index (χ1) is 44.5. The second-order valence-electron chi connectivity index (χ2n) is 23.8. The van der Waals surface area contributed by atoms with Crippen LogP contribution in [0.4, 0.5) is 0 Å². The molecular formula is C84H48N4O2. The second-order valence-corrected chi connectivity index (χ2v) is 23.8. The number of pyridine rings is 2. The van der Waals surface area contributed by atoms with Crippen molar-refractivity contribution in [2.75, 3.05) is 0 Å². The van der Waals surface area contributed by atoms with E-state index in [0.717, 1.165) is 165 Å². The Hall–Kier alpha value is -12.1. The molecule has 0 fully saturated rings. The lowest BCUT2D eigenvalue weighted by atomic mass is 9.88. The minimum atomic E-state index is -0.0951. The Morgan fingerprint density at radius 2 is 0.667 bits per heavy atom. The van der Waals surface area contributed by atoms with Crippen molar-refractivity contribution < 1.29 is 0 Å². The van der Waals surface area contributed by atoms with E-state index in [-0.39, 0.29) is 11.1 Å². The number of imidazole rings is 2. The lowest BCUT2D eigenvalue weighted by Crippen LogP contribution is -2.13. The van der Waals surface area contributed by atoms with E-state index in [1.165, 1.54) is 0 Å². The summed E-state index contributed by atoms with van der Waals surface area (Å²) in [6.07, 6.45) is 0. The Labute approximate surface area is 514 Å². The van der Waals surface area contributed by atoms with Gasteiger partial charge in [0.15, 0.2) is 0 Å². The SMILES string of the molecule is O=c1c2cccc3c(-c4ccc(-c5ccc(-c6cc(-c7ccccc7)c7c(c6)nc6c8cccc9c(-c%10ccccc%10)ccc(c(=O)n67)c98)cc5)c5ccccc45)ccc(c32)c2nc3c(-c4cccc5ccccc45)cc(-c4cccc5ccccc45)cc3n12. The number of hydrogen-bond acceptors (Lipinski definition) is 4. The van der Waals surface area contributed by atoms with Gasteiger partial charge in [-0.1, -0.05) is 249 Å². The maximum Gasteiger partial charge on any atom is 0.264 e. The molecule has 0 radical (unpaired) electrons. The van der Waals surface area contributed by atoms with Crippen LogP contribution in [0.15, 0.2) is 301 Å². The maximum absolute atomic E-state index is 15.5. The van der Waals surface area contributed by atoms with Crippen molar-refractivity contribution in [2.24, 2.45) is 0 Å². The molecule has 0 saturated heterocycles. The minimum Gasteiger partial charge on any atom is -0.268 e. The molecule has 6 heteroatoms. The standard InChI is InChI=1S/C84H48N4O2/c89-83-71-34-16-32-68-66(42-43-70(78(68)71)82-86-79-74(63-30-14-24-52-22-8-10-26-58(52)63)46-56(48-76(79)87(82)83)59-29-13-23-51-21-7-9-25-57(51)59)65-41-39-60(62-27-11-12-28-64(62)65)54-37-35-49(36-38-54)55-45-73(53-19-5-2-6-20-53)80-75(47-55)85-81-69-33-15-31-67-61(50-17-3-1-4-18-50)40-44-72(77(67)69)84(90)88(80)81/h1-48H. The Balaban J connectivity index is 0.740. The highest BCUT2D eigenvalue weighted by Gasteiger charge is 2.25. The zero-order valence-corrected chi connectivity index (χ0v) is 48.3. The lowest BCUT2D eigenvalue weighted by Gasteiger charge is -2.16. The molecular weight excluding hydrogens is 1100 g/mol. The van der Waals surface area contributed by atoms with Crippen LogP contribution in [0.3, 0.4) is 0 Å². The predicted octanol–water partition coefficient (Wildman–Crippen LogP) is 20.6. The monoisotopic (exact) mass is 1140 g/mol. The Kier molecular flexibility index (Phi) is 10.7. The van der Waals surface area contributed by atoms with Gasteiger partial charge in [-0.15, -0.1) is 0 Å². The van der Waals surface area contributed by atoms with Gasteiger partial charge in [0.05, 0.1) is 22.1 Å². The number of fused-ring (bicyclic) bond motifs is 11. The minimum absolute atomic E-state index is 0.0803. The molecule has 0 N–H and O–H groups in total. The largest absolute Gasteiger partial charge is 0.268 e. The molecule has 0 amide bonds. The van der Waals surface area contributed by atoms with Gasteiger partial charge < -0.3 is 0 Å². The highest BCUT2D eigenvalue weighted by molar-refractivity contribution is 6.23. The smallest absolute Gasteiger partial charge is 0.264 e. The van der Waals surface area contributed by atoms with Crippen molar-refractivity contribution in [3.63, 3.8) is 0 Å². The topological polar surface area (TPSA) is 68.7 Å². The summed E-state index contributed by atoms with van der Waals surface area (Å²) in [6.45, 7) is 0. The van der Waals surface area contributed by atoms with E-state index in [2.05, 4.69) is 249 Å². The molecule has 0 bridgehead atoms. The zero-order chi connectivity index (χ0) is 59.3. The van der Waals surface area contributed by atoms with Gasteiger partial charge >= 0.3 is 0 Å². The van der Waals surface area contributed by atoms with E-state index in [4.69, 9.17) is 9.97 Å². The summed E-state index contributed by atoms with van der Waals surface area (Å²) in [4.78, 5) is 41.3. The van der Waals surface area contributed by atoms with E-state index < -0.39 is 0 Å². The molecule has 0 unspecified atom stereocenters. The predicted molar refractivity (Wildman–Crippen MR) is 374 cm³/mol. The number of hydrogen-bond donors (Lipinski definition) is 0. The van der Waals surface area contributed by atoms with E-state index in [1.807, 2.05) is 51.3 Å². The van der Waals surface area contributed by atoms with E-state index in [0.29, 0.717) is 22.1 Å². The first-order valence-corrected chi connectivity index (χ1v) is 30.5. The van der Waals surface area contributed by atoms with Gasteiger partial charge in [-0.05, 0) is 152 Å². The van der Waals surface area contributed by atoms with Crippen molar-refractivity contribution in [3.8, 4) is 77.9 Å². The van der Waals surface area contributed by atoms with Crippen LogP contribution in [0.5, 0.6) is 0 Å². The van der Waals surface area contributed by atoms with Crippen LogP contribution in [0.2, 0.25) is 0 Å². The third kappa shape index (κ3) is 7.27. The molecule has 0 atom stereocenters. The summed E-state index contributed by atoms with van der Waals surface area (Å²) in [5.41, 5.74) is 18.9. The van der Waals surface area contributed by atoms with Gasteiger partial charge in [0.1, 0.15) is 11.3 Å². The first kappa shape index (κ1) is 50.1. The van der Waals surface area contributed by atoms with Crippen LogP contribution in [0.25, 0.3) is 187 Å². The fraction of sp³-hybridized carbons (Fsp3) is 0. The van der Waals surface area contributed by atoms with Crippen LogP contribution in [-0.4, -0.2) is 18.8 Å². The molecule has 4 aromatic heterocycles. The molecule has 416 valence electrons. The summed E-state index contributed by atoms with van der Waals surface area (Å²) in [6, 6.07) is 102. The Bertz CT molecular complexity index is 6360. The molecule has 6 nitrogen and oxygen atoms in total. The molecule has 19 rings (SSSR count). The molecule has 0 aliphatic heterocycles. The van der Waals surface area contributed by atoms with Crippen LogP contribution >= 0.6 is 0 Å². The summed E-state index contributed by atoms with van der Waals surface area (Å²) in [7, 11) is 0. The normalized spacial score (nSPS) is 12.1. The summed E-state index contributed by atoms with van der Waals surface area (Å²) in [5.74, 6) is 0. The average Bonchev–Trinajstić information content (AvgIpc) is 1.75. The summed E-state index contributed by atoms with van der Waals surface area (Å²) < 4.78 is 3.70. The van der Waals surface area contributed by atoms with Crippen LogP contribution in [0.1, 0.15) is 0 Å². The molecule has 4 heterocycles. The van der Waals surface area contributed by atoms with Gasteiger partial charge in [-0.3, -0.25) is 18.4 Å². The van der Waals surface area contributed by atoms with Gasteiger partial charge in [0.2, 0.25) is 0 Å². The highest BCUT2D eigenvalue weighted by Crippen LogP contribution is 2.46. The van der Waals surface area contributed by atoms with Gasteiger partial charge in [-0.25, -0.2) is 9.97 Å². The molecule has 0 aliphatic carbocycles. The third-order valence-electron chi connectivity index (χ3n) is 19.0. The van der Waals surface area contributed by atoms with E-state index in [1.54, 1.807) is 0 Å². The van der Waals surface area contributed by atoms with Crippen molar-refractivity contribution in [2.45, 2.75) is 0 Å². The fourth-order valence-corrected chi connectivity index (χ4v) is 15.0. The van der Waals surface area contributed by atoms with Crippen LogP contribution in [-0.2, 0) is 0 Å². The summed E-state index contributed by atoms with van der Waals surface area (Å²) in [5, 5.41) is 13.9. The van der Waals surface area contributed by atoms with Crippen molar-refractivity contribution in [1.29, 1.82) is 0 Å². The van der Waals surface area contributed by atoms with Gasteiger partial charge in [0, 0.05) is 43.4 Å². The van der Waals surface area contributed by atoms with Gasteiger partial charge in [-0.2, -0.15) is 0 Å². The van der Waals surface area contributed by atoms with Crippen molar-refractivity contribution >= 4 is 109 Å². The number of benzene rings is 15. The molecule has 19 aromatic rings. The lowest BCUT2D eigenvalue weighted by molar-refractivity contribution is 1.19. The fourth-order valence-electron chi connectivity index (χ4n) is 15.0. The average molecular weight is 1150 g/mol. The first-order valence-electron chi connectivity index (χ1n) is 30.5. The number of nitrogens with zero attached hydrogens (tertiary/aromatic N) is 4. The quantitative estimate of drug-likeness (QED) is 0.159. The second kappa shape index (κ2) is 19.2. The molecule has 90 heavy (non-hydrogen) atoms. The number of rotatable bonds is 7. The van der Waals surface area contributed by atoms with Crippen LogP contribution < -0.4 is 11.1 Å². The van der Waals surface area contributed by atoms with Gasteiger partial charge in [0.25, 0.3) is 11.1 Å². The highest BCUT2D eigenvalue weighted by atomic mass is 16.1. The third-order valence-corrected chi connectivity index (χ3v) is 19.0. The molecule has 0 spiro atoms. The van der Waals surface area contributed by atoms with E-state index in [9.17, 15) is 4.79 Å². The Morgan fingerprint density at radius 3 is 1.40 bits per heavy atom. The van der Waals surface area contributed by atoms with Crippen molar-refractivity contribution in [1.82, 2.24) is 18.8 Å². The molecule has 0 saturated carbocycles. The maximum atomic E-state index is 15.5. The summed E-state index contributed by atoms with van der Waals surface area (Å²) >= 11 is 0. The zero-order valence-electron chi connectivity index (χ0n) is 48.3. The molecule has 0 aliphatic rings. The Morgan fingerprint density at radius 1 is 0.244 bits per heavy atom. The van der Waals surface area contributed by atoms with Crippen LogP contribution in [0, 0.1) is 0 Å².